The van der Waals surface area contributed by atoms with Crippen LogP contribution in [0.1, 0.15) is 10.4 Å². The van der Waals surface area contributed by atoms with E-state index in [-0.39, 0.29) is 11.3 Å². The van der Waals surface area contributed by atoms with E-state index in [0.29, 0.717) is 5.82 Å². The average Bonchev–Trinajstić information content (AvgIpc) is 2.31. The van der Waals surface area contributed by atoms with Crippen molar-refractivity contribution in [2.24, 2.45) is 5.73 Å². The second-order valence-corrected chi connectivity index (χ2v) is 4.90. The number of halogens is 1. The number of rotatable bonds is 3. The van der Waals surface area contributed by atoms with E-state index < -0.39 is 5.91 Å². The quantitative estimate of drug-likeness (QED) is 0.736. The molecule has 0 saturated heterocycles. The molecule has 0 spiro atoms. The molecule has 0 radical (unpaired) electrons. The summed E-state index contributed by atoms with van der Waals surface area (Å²) in [6, 6.07) is 9.32. The van der Waals surface area contributed by atoms with Gasteiger partial charge in [0.1, 0.15) is 5.82 Å². The summed E-state index contributed by atoms with van der Waals surface area (Å²) in [6.07, 6.45) is 1.41. The lowest BCUT2D eigenvalue weighted by Gasteiger charge is -2.08. The second kappa shape index (κ2) is 5.21. The molecule has 0 aliphatic rings. The third-order valence-corrected chi connectivity index (χ3v) is 2.97. The highest BCUT2D eigenvalue weighted by molar-refractivity contribution is 14.1. The number of nitrogen functional groups attached to an aromatic ring is 1. The summed E-state index contributed by atoms with van der Waals surface area (Å²) in [5.74, 6) is -0.0411. The standard InChI is InChI=1S/C12H11IN4O/c13-7-2-1-3-8(4-7)17-11-5-9(12(15)18)10(14)6-16-11/h1-6H,14H2,(H2,15,18)(H,16,17). The highest BCUT2D eigenvalue weighted by Gasteiger charge is 2.07. The van der Waals surface area contributed by atoms with Crippen molar-refractivity contribution < 1.29 is 4.79 Å². The van der Waals surface area contributed by atoms with Crippen LogP contribution in [0.2, 0.25) is 0 Å². The molecular weight excluding hydrogens is 343 g/mol. The van der Waals surface area contributed by atoms with E-state index in [9.17, 15) is 4.79 Å². The number of carbonyl (C=O) groups is 1. The molecule has 92 valence electrons. The Morgan fingerprint density at radius 3 is 2.78 bits per heavy atom. The summed E-state index contributed by atoms with van der Waals surface area (Å²) >= 11 is 2.22. The van der Waals surface area contributed by atoms with E-state index in [4.69, 9.17) is 11.5 Å². The van der Waals surface area contributed by atoms with Gasteiger partial charge in [0.05, 0.1) is 17.4 Å². The molecule has 5 N–H and O–H groups in total. The first kappa shape index (κ1) is 12.6. The van der Waals surface area contributed by atoms with Crippen LogP contribution in [0.25, 0.3) is 0 Å². The van der Waals surface area contributed by atoms with Crippen LogP contribution in [0.4, 0.5) is 17.2 Å². The first-order chi connectivity index (χ1) is 8.56. The van der Waals surface area contributed by atoms with Crippen LogP contribution in [0, 0.1) is 3.57 Å². The van der Waals surface area contributed by atoms with Gasteiger partial charge in [-0.25, -0.2) is 4.98 Å². The summed E-state index contributed by atoms with van der Waals surface area (Å²) in [7, 11) is 0. The number of nitrogens with two attached hydrogens (primary N) is 2. The molecule has 18 heavy (non-hydrogen) atoms. The van der Waals surface area contributed by atoms with Gasteiger partial charge in [-0.1, -0.05) is 6.07 Å². The van der Waals surface area contributed by atoms with Gasteiger partial charge < -0.3 is 16.8 Å². The van der Waals surface area contributed by atoms with Gasteiger partial charge in [-0.05, 0) is 46.9 Å². The van der Waals surface area contributed by atoms with Crippen molar-refractivity contribution in [2.75, 3.05) is 11.1 Å². The normalized spacial score (nSPS) is 10.1. The minimum Gasteiger partial charge on any atom is -0.397 e. The number of anilines is 3. The Morgan fingerprint density at radius 2 is 2.11 bits per heavy atom. The van der Waals surface area contributed by atoms with Crippen molar-refractivity contribution >= 4 is 45.7 Å². The van der Waals surface area contributed by atoms with Crippen molar-refractivity contribution in [3.05, 3.63) is 45.7 Å². The second-order valence-electron chi connectivity index (χ2n) is 3.66. The lowest BCUT2D eigenvalue weighted by atomic mass is 10.2. The number of benzene rings is 1. The number of hydrogen-bond donors (Lipinski definition) is 3. The van der Waals surface area contributed by atoms with Crippen LogP contribution < -0.4 is 16.8 Å². The molecule has 1 aromatic carbocycles. The maximum Gasteiger partial charge on any atom is 0.250 e. The monoisotopic (exact) mass is 354 g/mol. The average molecular weight is 354 g/mol. The zero-order chi connectivity index (χ0) is 13.1. The molecule has 0 aliphatic carbocycles. The van der Waals surface area contributed by atoms with Gasteiger partial charge in [0.2, 0.25) is 0 Å². The number of aromatic nitrogens is 1. The van der Waals surface area contributed by atoms with E-state index in [1.165, 1.54) is 12.3 Å². The summed E-state index contributed by atoms with van der Waals surface area (Å²) in [5, 5.41) is 3.09. The first-order valence-electron chi connectivity index (χ1n) is 5.14. The van der Waals surface area contributed by atoms with Gasteiger partial charge in [0.25, 0.3) is 5.91 Å². The first-order valence-corrected chi connectivity index (χ1v) is 6.22. The molecular formula is C12H11IN4O. The third kappa shape index (κ3) is 2.89. The Labute approximate surface area is 118 Å². The fourth-order valence-corrected chi connectivity index (χ4v) is 2.00. The molecule has 1 heterocycles. The number of hydrogen-bond acceptors (Lipinski definition) is 4. The number of primary amides is 1. The Bertz CT molecular complexity index is 600. The van der Waals surface area contributed by atoms with Crippen molar-refractivity contribution in [3.8, 4) is 0 Å². The van der Waals surface area contributed by atoms with Crippen molar-refractivity contribution in [1.29, 1.82) is 0 Å². The van der Waals surface area contributed by atoms with Crippen LogP contribution in [0.3, 0.4) is 0 Å². The van der Waals surface area contributed by atoms with Crippen molar-refractivity contribution in [2.45, 2.75) is 0 Å². The predicted molar refractivity (Wildman–Crippen MR) is 79.6 cm³/mol. The van der Waals surface area contributed by atoms with Crippen molar-refractivity contribution in [3.63, 3.8) is 0 Å². The summed E-state index contributed by atoms with van der Waals surface area (Å²) in [6.45, 7) is 0. The smallest absolute Gasteiger partial charge is 0.250 e. The largest absolute Gasteiger partial charge is 0.397 e. The SMILES string of the molecule is NC(=O)c1cc(Nc2cccc(I)c2)ncc1N. The van der Waals surface area contributed by atoms with Crippen molar-refractivity contribution in [1.82, 2.24) is 4.98 Å². The molecule has 2 rings (SSSR count). The zero-order valence-corrected chi connectivity index (χ0v) is 11.5. The highest BCUT2D eigenvalue weighted by Crippen LogP contribution is 2.20. The molecule has 0 saturated carbocycles. The lowest BCUT2D eigenvalue weighted by molar-refractivity contribution is 0.100. The van der Waals surface area contributed by atoms with Gasteiger partial charge in [0.15, 0.2) is 0 Å². The fourth-order valence-electron chi connectivity index (χ4n) is 1.46. The Balaban J connectivity index is 2.30. The van der Waals surface area contributed by atoms with Crippen LogP contribution in [0.5, 0.6) is 0 Å². The summed E-state index contributed by atoms with van der Waals surface area (Å²) in [4.78, 5) is 15.3. The van der Waals surface area contributed by atoms with Gasteiger partial charge in [-0.2, -0.15) is 0 Å². The third-order valence-electron chi connectivity index (χ3n) is 2.30. The zero-order valence-electron chi connectivity index (χ0n) is 9.35. The maximum atomic E-state index is 11.2. The molecule has 6 heteroatoms. The van der Waals surface area contributed by atoms with E-state index >= 15 is 0 Å². The topological polar surface area (TPSA) is 94.0 Å². The van der Waals surface area contributed by atoms with Crippen LogP contribution in [-0.4, -0.2) is 10.9 Å². The van der Waals surface area contributed by atoms with Gasteiger partial charge in [0, 0.05) is 9.26 Å². The molecule has 1 aromatic heterocycles. The highest BCUT2D eigenvalue weighted by atomic mass is 127. The Morgan fingerprint density at radius 1 is 1.33 bits per heavy atom. The number of nitrogens with one attached hydrogen (secondary N) is 1. The predicted octanol–water partition coefficient (Wildman–Crippen LogP) is 2.11. The van der Waals surface area contributed by atoms with Gasteiger partial charge in [-0.3, -0.25) is 4.79 Å². The molecule has 0 atom stereocenters. The van der Waals surface area contributed by atoms with Crippen LogP contribution in [0.15, 0.2) is 36.5 Å². The van der Waals surface area contributed by atoms with E-state index in [1.807, 2.05) is 24.3 Å². The van der Waals surface area contributed by atoms with Gasteiger partial charge >= 0.3 is 0 Å². The molecule has 1 amide bonds. The lowest BCUT2D eigenvalue weighted by Crippen LogP contribution is -2.14. The fraction of sp³-hybridized carbons (Fsp3) is 0. The van der Waals surface area contributed by atoms with Crippen LogP contribution >= 0.6 is 22.6 Å². The number of carbonyl (C=O) groups excluding carboxylic acids is 1. The maximum absolute atomic E-state index is 11.2. The molecule has 0 fully saturated rings. The summed E-state index contributed by atoms with van der Waals surface area (Å²) < 4.78 is 1.10. The van der Waals surface area contributed by atoms with E-state index in [2.05, 4.69) is 32.9 Å². The van der Waals surface area contributed by atoms with E-state index in [1.54, 1.807) is 0 Å². The molecule has 2 aromatic rings. The minimum atomic E-state index is -0.569. The molecule has 0 bridgehead atoms. The molecule has 0 aliphatic heterocycles. The number of amides is 1. The van der Waals surface area contributed by atoms with E-state index in [0.717, 1.165) is 9.26 Å². The van der Waals surface area contributed by atoms with Gasteiger partial charge in [-0.15, -0.1) is 0 Å². The Kier molecular flexibility index (Phi) is 3.66. The minimum absolute atomic E-state index is 0.262. The number of pyridine rings is 1. The summed E-state index contributed by atoms with van der Waals surface area (Å²) in [5.41, 5.74) is 12.3. The molecule has 5 nitrogen and oxygen atoms in total. The van der Waals surface area contributed by atoms with Crippen LogP contribution in [-0.2, 0) is 0 Å². The Hall–Kier alpha value is -1.83. The molecule has 0 unspecified atom stereocenters. The number of nitrogens with zero attached hydrogens (tertiary/aromatic N) is 1.